The van der Waals surface area contributed by atoms with Crippen LogP contribution in [0.1, 0.15) is 11.1 Å². The van der Waals surface area contributed by atoms with Gasteiger partial charge in [0.15, 0.2) is 0 Å². The summed E-state index contributed by atoms with van der Waals surface area (Å²) in [5, 5.41) is 3.47. The van der Waals surface area contributed by atoms with Crippen LogP contribution in [0.4, 0.5) is 4.39 Å². The van der Waals surface area contributed by atoms with Crippen LogP contribution in [-0.2, 0) is 35.4 Å². The second-order valence-electron chi connectivity index (χ2n) is 6.52. The van der Waals surface area contributed by atoms with Crippen molar-refractivity contribution in [2.75, 3.05) is 6.26 Å². The Morgan fingerprint density at radius 1 is 1.18 bits per heavy atom. The maximum absolute atomic E-state index is 14.3. The normalized spacial score (nSPS) is 12.2. The third-order valence-electron chi connectivity index (χ3n) is 4.39. The zero-order valence-electron chi connectivity index (χ0n) is 14.8. The Labute approximate surface area is 173 Å². The van der Waals surface area contributed by atoms with Crippen molar-refractivity contribution >= 4 is 43.2 Å². The molecule has 4 nitrogen and oxygen atoms in total. The molecule has 0 fully saturated rings. The number of benzene rings is 2. The molecule has 2 heterocycles. The number of aromatic amines is 1. The standard InChI is InChI=1S/C11H10NO2S.C9H6ClFN.Fe/c1-8-5-9-6-10(15(2,13)14)3-4-11(9)12-7-8;1-5-2-6-7(10)4-12-9(6)3-8(5)11;/h3-7H,1H2,2H3;2-4,12H,1H2;. The molecule has 0 aliphatic carbocycles. The first-order valence-electron chi connectivity index (χ1n) is 8.35. The molecule has 8 heteroatoms. The first kappa shape index (κ1) is 19.4. The fraction of sp³-hybridized carbons (Fsp3) is 0.150. The SMILES string of the molecule is CS(=O)(=O)c1ccc2ncc([CH2][Fe][CH2]c3cc4c(Cl)c[nH]c4cc3F)cc2c1. The van der Waals surface area contributed by atoms with E-state index in [4.69, 9.17) is 11.6 Å². The van der Waals surface area contributed by atoms with E-state index in [1.165, 1.54) is 12.3 Å². The number of sulfone groups is 1. The van der Waals surface area contributed by atoms with Crippen LogP contribution in [0, 0.1) is 5.82 Å². The van der Waals surface area contributed by atoms with E-state index in [2.05, 4.69) is 9.97 Å². The quantitative estimate of drug-likeness (QED) is 0.441. The van der Waals surface area contributed by atoms with Gasteiger partial charge in [-0.1, -0.05) is 0 Å². The van der Waals surface area contributed by atoms with Crippen molar-refractivity contribution in [3.8, 4) is 0 Å². The number of hydrogen-bond donors (Lipinski definition) is 1. The molecule has 0 bridgehead atoms. The number of pyridine rings is 1. The number of fused-ring (bicyclic) bond motifs is 2. The van der Waals surface area contributed by atoms with E-state index in [9.17, 15) is 12.8 Å². The van der Waals surface area contributed by atoms with E-state index in [0.29, 0.717) is 26.7 Å². The number of hydrogen-bond acceptors (Lipinski definition) is 3. The Morgan fingerprint density at radius 2 is 2.00 bits per heavy atom. The molecule has 146 valence electrons. The number of aromatic nitrogens is 2. The van der Waals surface area contributed by atoms with E-state index < -0.39 is 9.84 Å². The van der Waals surface area contributed by atoms with Crippen molar-refractivity contribution in [2.45, 2.75) is 15.5 Å². The van der Waals surface area contributed by atoms with Crippen LogP contribution in [0.3, 0.4) is 0 Å². The van der Waals surface area contributed by atoms with Crippen LogP contribution >= 0.6 is 11.6 Å². The second-order valence-corrected chi connectivity index (χ2v) is 10.3. The first-order valence-corrected chi connectivity index (χ1v) is 12.2. The Hall–Kier alpha value is -1.92. The van der Waals surface area contributed by atoms with Gasteiger partial charge in [-0.25, -0.2) is 0 Å². The van der Waals surface area contributed by atoms with Crippen molar-refractivity contribution in [1.82, 2.24) is 9.97 Å². The van der Waals surface area contributed by atoms with Gasteiger partial charge in [0.05, 0.1) is 0 Å². The zero-order chi connectivity index (χ0) is 19.9. The number of nitrogens with zero attached hydrogens (tertiary/aromatic N) is 1. The molecule has 0 saturated carbocycles. The molecule has 0 saturated heterocycles. The summed E-state index contributed by atoms with van der Waals surface area (Å²) in [6.07, 6.45) is 4.62. The molecule has 0 spiro atoms. The Balaban J connectivity index is 1.52. The predicted octanol–water partition coefficient (Wildman–Crippen LogP) is 4.69. The zero-order valence-corrected chi connectivity index (χ0v) is 17.5. The van der Waals surface area contributed by atoms with Gasteiger partial charge in [0.1, 0.15) is 0 Å². The molecule has 0 unspecified atom stereocenters. The number of nitrogens with one attached hydrogen (secondary N) is 1. The van der Waals surface area contributed by atoms with E-state index in [-0.39, 0.29) is 10.7 Å². The van der Waals surface area contributed by atoms with Gasteiger partial charge in [-0.05, 0) is 0 Å². The van der Waals surface area contributed by atoms with Crippen molar-refractivity contribution in [2.24, 2.45) is 0 Å². The van der Waals surface area contributed by atoms with Crippen molar-refractivity contribution in [3.05, 3.63) is 70.8 Å². The Kier molecular flexibility index (Phi) is 5.18. The predicted molar refractivity (Wildman–Crippen MR) is 106 cm³/mol. The maximum atomic E-state index is 14.3. The number of rotatable bonds is 5. The average molecular weight is 459 g/mol. The molecule has 0 atom stereocenters. The topological polar surface area (TPSA) is 62.8 Å². The molecule has 28 heavy (non-hydrogen) atoms. The molecule has 0 radical (unpaired) electrons. The van der Waals surface area contributed by atoms with E-state index in [0.717, 1.165) is 36.8 Å². The van der Waals surface area contributed by atoms with E-state index in [1.807, 2.05) is 6.07 Å². The van der Waals surface area contributed by atoms with Gasteiger partial charge in [0, 0.05) is 0 Å². The number of H-pyrrole nitrogens is 1. The van der Waals surface area contributed by atoms with Crippen LogP contribution in [-0.4, -0.2) is 24.6 Å². The third kappa shape index (κ3) is 3.94. The van der Waals surface area contributed by atoms with Crippen molar-refractivity contribution < 1.29 is 27.8 Å². The Bertz CT molecular complexity index is 1300. The van der Waals surface area contributed by atoms with E-state index in [1.54, 1.807) is 36.7 Å². The molecule has 4 aromatic rings. The van der Waals surface area contributed by atoms with Gasteiger partial charge >= 0.3 is 174 Å². The second kappa shape index (κ2) is 7.48. The van der Waals surface area contributed by atoms with Crippen LogP contribution < -0.4 is 0 Å². The summed E-state index contributed by atoms with van der Waals surface area (Å²) < 4.78 is 37.8. The summed E-state index contributed by atoms with van der Waals surface area (Å²) in [6.45, 7) is 0. The minimum absolute atomic E-state index is 0.250. The van der Waals surface area contributed by atoms with Gasteiger partial charge in [0.2, 0.25) is 0 Å². The fourth-order valence-electron chi connectivity index (χ4n) is 2.95. The summed E-state index contributed by atoms with van der Waals surface area (Å²) in [6, 6.07) is 10.1. The molecule has 1 N–H and O–H groups in total. The summed E-state index contributed by atoms with van der Waals surface area (Å²) in [7, 11) is -3.26. The monoisotopic (exact) mass is 458 g/mol. The van der Waals surface area contributed by atoms with Gasteiger partial charge in [-0.15, -0.1) is 0 Å². The van der Waals surface area contributed by atoms with Crippen molar-refractivity contribution in [3.63, 3.8) is 0 Å². The molecule has 0 aliphatic heterocycles. The Morgan fingerprint density at radius 3 is 2.79 bits per heavy atom. The fourth-order valence-corrected chi connectivity index (χ4v) is 5.08. The van der Waals surface area contributed by atoms with Crippen molar-refractivity contribution in [1.29, 1.82) is 0 Å². The van der Waals surface area contributed by atoms with Crippen LogP contribution in [0.15, 0.2) is 53.7 Å². The van der Waals surface area contributed by atoms with Crippen LogP contribution in [0.2, 0.25) is 5.02 Å². The van der Waals surface area contributed by atoms with Gasteiger partial charge in [0.25, 0.3) is 0 Å². The summed E-state index contributed by atoms with van der Waals surface area (Å²) in [5.41, 5.74) is 3.04. The summed E-state index contributed by atoms with van der Waals surface area (Å²) in [5.74, 6) is -0.250. The van der Waals surface area contributed by atoms with Gasteiger partial charge in [-0.3, -0.25) is 0 Å². The van der Waals surface area contributed by atoms with Crippen LogP contribution in [0.5, 0.6) is 0 Å². The molecular weight excluding hydrogens is 443 g/mol. The first-order chi connectivity index (χ1) is 13.3. The minimum atomic E-state index is -3.26. The summed E-state index contributed by atoms with van der Waals surface area (Å²) >= 11 is 6.86. The molecule has 0 aliphatic rings. The molecular formula is C20H16ClFFeN2O2S. The molecule has 2 aromatic heterocycles. The van der Waals surface area contributed by atoms with Gasteiger partial charge in [-0.2, -0.15) is 0 Å². The molecule has 2 aromatic carbocycles. The average Bonchev–Trinajstić information content (AvgIpc) is 3.00. The number of halogens is 2. The molecule has 4 rings (SSSR count). The third-order valence-corrected chi connectivity index (χ3v) is 7.24. The van der Waals surface area contributed by atoms with E-state index >= 15 is 0 Å². The van der Waals surface area contributed by atoms with Crippen LogP contribution in [0.25, 0.3) is 21.8 Å². The van der Waals surface area contributed by atoms with Gasteiger partial charge < -0.3 is 0 Å². The molecule has 0 amide bonds. The summed E-state index contributed by atoms with van der Waals surface area (Å²) in [4.78, 5) is 7.63.